The van der Waals surface area contributed by atoms with Gasteiger partial charge >= 0.3 is 6.09 Å². The summed E-state index contributed by atoms with van der Waals surface area (Å²) in [6.45, 7) is 14.0. The van der Waals surface area contributed by atoms with Gasteiger partial charge in [-0.3, -0.25) is 0 Å². The number of hydrogen-bond acceptors (Lipinski definition) is 3. The van der Waals surface area contributed by atoms with Crippen molar-refractivity contribution < 1.29 is 9.53 Å². The fraction of sp³-hybridized carbons (Fsp3) is 0.947. The molecule has 0 saturated carbocycles. The van der Waals surface area contributed by atoms with Crippen LogP contribution in [0.1, 0.15) is 86.0 Å². The fourth-order valence-corrected chi connectivity index (χ4v) is 2.49. The standard InChI is InChI=1S/C19H40N2O2/c1-6-8-10-12-15-21(16-13-11-9-7-2)17-14-20-18(22)23-19(3,4)5/h6-17H2,1-5H3,(H,20,22). The molecule has 0 atom stereocenters. The molecule has 4 nitrogen and oxygen atoms in total. The zero-order valence-electron chi connectivity index (χ0n) is 16.2. The van der Waals surface area contributed by atoms with E-state index in [-0.39, 0.29) is 6.09 Å². The van der Waals surface area contributed by atoms with Crippen LogP contribution in [0.5, 0.6) is 0 Å². The maximum atomic E-state index is 11.7. The van der Waals surface area contributed by atoms with Crippen molar-refractivity contribution in [3.05, 3.63) is 0 Å². The van der Waals surface area contributed by atoms with Gasteiger partial charge in [-0.2, -0.15) is 0 Å². The van der Waals surface area contributed by atoms with Crippen LogP contribution < -0.4 is 5.32 Å². The van der Waals surface area contributed by atoms with Crippen LogP contribution in [0.25, 0.3) is 0 Å². The van der Waals surface area contributed by atoms with Crippen molar-refractivity contribution in [2.45, 2.75) is 91.6 Å². The first-order chi connectivity index (χ1) is 10.9. The van der Waals surface area contributed by atoms with E-state index in [0.717, 1.165) is 19.6 Å². The fourth-order valence-electron chi connectivity index (χ4n) is 2.49. The summed E-state index contributed by atoms with van der Waals surface area (Å²) in [5.74, 6) is 0. The Kier molecular flexibility index (Phi) is 13.2. The molecule has 0 aliphatic carbocycles. The Morgan fingerprint density at radius 1 is 0.870 bits per heavy atom. The van der Waals surface area contributed by atoms with Gasteiger partial charge in [0.1, 0.15) is 5.60 Å². The Bertz CT molecular complexity index is 276. The van der Waals surface area contributed by atoms with Gasteiger partial charge in [-0.1, -0.05) is 52.4 Å². The molecule has 138 valence electrons. The number of alkyl carbamates (subject to hydrolysis) is 1. The first-order valence-electron chi connectivity index (χ1n) is 9.58. The number of carbonyl (C=O) groups excluding carboxylic acids is 1. The van der Waals surface area contributed by atoms with Crippen molar-refractivity contribution in [2.75, 3.05) is 26.2 Å². The Labute approximate surface area is 144 Å². The predicted octanol–water partition coefficient (Wildman–Crippen LogP) is 4.97. The van der Waals surface area contributed by atoms with Gasteiger partial charge in [0.15, 0.2) is 0 Å². The SMILES string of the molecule is CCCCCCN(CCCCCC)CCNC(=O)OC(C)(C)C. The van der Waals surface area contributed by atoms with E-state index in [2.05, 4.69) is 24.1 Å². The van der Waals surface area contributed by atoms with Crippen molar-refractivity contribution in [1.82, 2.24) is 10.2 Å². The topological polar surface area (TPSA) is 41.6 Å². The lowest BCUT2D eigenvalue weighted by atomic mass is 10.1. The number of unbranched alkanes of at least 4 members (excludes halogenated alkanes) is 6. The molecule has 0 unspecified atom stereocenters. The number of amides is 1. The van der Waals surface area contributed by atoms with E-state index < -0.39 is 5.60 Å². The van der Waals surface area contributed by atoms with Crippen molar-refractivity contribution >= 4 is 6.09 Å². The molecule has 0 aliphatic rings. The van der Waals surface area contributed by atoms with Gasteiger partial charge < -0.3 is 15.0 Å². The van der Waals surface area contributed by atoms with Crippen LogP contribution in [0.15, 0.2) is 0 Å². The molecule has 4 heteroatoms. The number of nitrogens with zero attached hydrogens (tertiary/aromatic N) is 1. The summed E-state index contributed by atoms with van der Waals surface area (Å²) >= 11 is 0. The second-order valence-corrected chi connectivity index (χ2v) is 7.39. The van der Waals surface area contributed by atoms with Crippen LogP contribution in [0.3, 0.4) is 0 Å². The molecular weight excluding hydrogens is 288 g/mol. The molecule has 0 rings (SSSR count). The Morgan fingerprint density at radius 2 is 1.39 bits per heavy atom. The molecule has 1 amide bonds. The van der Waals surface area contributed by atoms with Gasteiger partial charge in [-0.25, -0.2) is 4.79 Å². The van der Waals surface area contributed by atoms with Gasteiger partial charge in [-0.05, 0) is 46.7 Å². The maximum absolute atomic E-state index is 11.7. The quantitative estimate of drug-likeness (QED) is 0.485. The molecule has 23 heavy (non-hydrogen) atoms. The van der Waals surface area contributed by atoms with Gasteiger partial charge in [0.2, 0.25) is 0 Å². The highest BCUT2D eigenvalue weighted by molar-refractivity contribution is 5.67. The smallest absolute Gasteiger partial charge is 0.407 e. The molecule has 0 aromatic carbocycles. The van der Waals surface area contributed by atoms with Crippen molar-refractivity contribution in [3.8, 4) is 0 Å². The van der Waals surface area contributed by atoms with Gasteiger partial charge in [-0.15, -0.1) is 0 Å². The van der Waals surface area contributed by atoms with E-state index in [9.17, 15) is 4.79 Å². The molecule has 0 aromatic heterocycles. The Balaban J connectivity index is 3.99. The number of hydrogen-bond donors (Lipinski definition) is 1. The van der Waals surface area contributed by atoms with Crippen LogP contribution in [-0.4, -0.2) is 42.8 Å². The minimum atomic E-state index is -0.427. The van der Waals surface area contributed by atoms with Crippen LogP contribution in [0.2, 0.25) is 0 Å². The summed E-state index contributed by atoms with van der Waals surface area (Å²) in [5, 5.41) is 2.87. The number of rotatable bonds is 13. The Morgan fingerprint density at radius 3 is 1.83 bits per heavy atom. The normalized spacial score (nSPS) is 11.7. The average molecular weight is 329 g/mol. The Hall–Kier alpha value is -0.770. The first kappa shape index (κ1) is 22.2. The molecule has 0 saturated heterocycles. The zero-order valence-corrected chi connectivity index (χ0v) is 16.2. The highest BCUT2D eigenvalue weighted by Gasteiger charge is 2.15. The third kappa shape index (κ3) is 15.9. The van der Waals surface area contributed by atoms with Gasteiger partial charge in [0.25, 0.3) is 0 Å². The predicted molar refractivity (Wildman–Crippen MR) is 99.0 cm³/mol. The van der Waals surface area contributed by atoms with E-state index in [0.29, 0.717) is 6.54 Å². The summed E-state index contributed by atoms with van der Waals surface area (Å²) in [6.07, 6.45) is 10.0. The van der Waals surface area contributed by atoms with E-state index in [4.69, 9.17) is 4.74 Å². The van der Waals surface area contributed by atoms with E-state index in [1.54, 1.807) is 0 Å². The molecular formula is C19H40N2O2. The maximum Gasteiger partial charge on any atom is 0.407 e. The molecule has 0 fully saturated rings. The van der Waals surface area contributed by atoms with E-state index >= 15 is 0 Å². The van der Waals surface area contributed by atoms with Crippen molar-refractivity contribution in [2.24, 2.45) is 0 Å². The number of nitrogens with one attached hydrogen (secondary N) is 1. The van der Waals surface area contributed by atoms with Gasteiger partial charge in [0.05, 0.1) is 0 Å². The highest BCUT2D eigenvalue weighted by atomic mass is 16.6. The molecule has 0 heterocycles. The van der Waals surface area contributed by atoms with Crippen LogP contribution in [0, 0.1) is 0 Å². The van der Waals surface area contributed by atoms with Crippen LogP contribution >= 0.6 is 0 Å². The zero-order chi connectivity index (χ0) is 17.6. The molecule has 0 radical (unpaired) electrons. The van der Waals surface area contributed by atoms with Crippen LogP contribution in [-0.2, 0) is 4.74 Å². The molecule has 0 aromatic rings. The molecule has 0 spiro atoms. The number of ether oxygens (including phenoxy) is 1. The first-order valence-corrected chi connectivity index (χ1v) is 9.58. The third-order valence-corrected chi connectivity index (χ3v) is 3.75. The molecule has 1 N–H and O–H groups in total. The van der Waals surface area contributed by atoms with Crippen LogP contribution in [0.4, 0.5) is 4.79 Å². The molecule has 0 bridgehead atoms. The summed E-state index contributed by atoms with van der Waals surface area (Å²) in [5.41, 5.74) is -0.427. The number of carbonyl (C=O) groups is 1. The minimum absolute atomic E-state index is 0.311. The third-order valence-electron chi connectivity index (χ3n) is 3.75. The molecule has 0 aliphatic heterocycles. The summed E-state index contributed by atoms with van der Waals surface area (Å²) in [6, 6.07) is 0. The minimum Gasteiger partial charge on any atom is -0.444 e. The van der Waals surface area contributed by atoms with E-state index in [1.807, 2.05) is 20.8 Å². The average Bonchev–Trinajstić information content (AvgIpc) is 2.45. The lowest BCUT2D eigenvalue weighted by Crippen LogP contribution is -2.38. The van der Waals surface area contributed by atoms with Crippen molar-refractivity contribution in [3.63, 3.8) is 0 Å². The summed E-state index contributed by atoms with van der Waals surface area (Å²) in [4.78, 5) is 14.2. The lowest BCUT2D eigenvalue weighted by molar-refractivity contribution is 0.0522. The lowest BCUT2D eigenvalue weighted by Gasteiger charge is -2.24. The largest absolute Gasteiger partial charge is 0.444 e. The summed E-state index contributed by atoms with van der Waals surface area (Å²) < 4.78 is 5.28. The highest BCUT2D eigenvalue weighted by Crippen LogP contribution is 2.07. The second-order valence-electron chi connectivity index (χ2n) is 7.39. The monoisotopic (exact) mass is 328 g/mol. The summed E-state index contributed by atoms with van der Waals surface area (Å²) in [7, 11) is 0. The van der Waals surface area contributed by atoms with Crippen molar-refractivity contribution in [1.29, 1.82) is 0 Å². The van der Waals surface area contributed by atoms with E-state index in [1.165, 1.54) is 51.4 Å². The van der Waals surface area contributed by atoms with Gasteiger partial charge in [0, 0.05) is 13.1 Å². The second kappa shape index (κ2) is 13.6.